The van der Waals surface area contributed by atoms with Gasteiger partial charge in [-0.3, -0.25) is 14.4 Å². The van der Waals surface area contributed by atoms with Crippen molar-refractivity contribution in [1.82, 2.24) is 9.88 Å². The minimum Gasteiger partial charge on any atom is -0.497 e. The Hall–Kier alpha value is -4.46. The lowest BCUT2D eigenvalue weighted by molar-refractivity contribution is -0.274. The van der Waals surface area contributed by atoms with Crippen LogP contribution in [0.4, 0.5) is 27.6 Å². The van der Waals surface area contributed by atoms with Gasteiger partial charge in [0, 0.05) is 48.5 Å². The van der Waals surface area contributed by atoms with Gasteiger partial charge >= 0.3 is 6.36 Å². The van der Waals surface area contributed by atoms with E-state index >= 15 is 8.78 Å². The molecule has 4 rings (SSSR count). The molecule has 14 heteroatoms. The van der Waals surface area contributed by atoms with Crippen LogP contribution in [0.5, 0.6) is 11.5 Å². The number of alkyl halides is 3. The number of methoxy groups -OCH3 is 1. The number of rotatable bonds is 8. The zero-order valence-electron chi connectivity index (χ0n) is 21.7. The summed E-state index contributed by atoms with van der Waals surface area (Å²) < 4.78 is 77.7. The number of carbonyl (C=O) groups excluding carboxylic acids is 2. The Labute approximate surface area is 229 Å². The summed E-state index contributed by atoms with van der Waals surface area (Å²) in [6.45, 7) is 0.703. The molecule has 2 N–H and O–H groups in total. The van der Waals surface area contributed by atoms with Gasteiger partial charge in [-0.25, -0.2) is 8.78 Å². The van der Waals surface area contributed by atoms with Gasteiger partial charge in [-0.1, -0.05) is 0 Å². The Morgan fingerprint density at radius 1 is 1.07 bits per heavy atom. The molecule has 41 heavy (non-hydrogen) atoms. The first-order chi connectivity index (χ1) is 19.3. The number of nitrogens with zero attached hydrogens (tertiary/aromatic N) is 2. The normalized spacial score (nSPS) is 17.1. The Kier molecular flexibility index (Phi) is 8.33. The van der Waals surface area contributed by atoms with Gasteiger partial charge < -0.3 is 29.4 Å². The Balaban J connectivity index is 1.74. The highest BCUT2D eigenvalue weighted by molar-refractivity contribution is 6.05. The molecule has 0 saturated carbocycles. The van der Waals surface area contributed by atoms with Gasteiger partial charge in [0.25, 0.3) is 11.5 Å². The summed E-state index contributed by atoms with van der Waals surface area (Å²) in [7, 11) is 1.21. The number of hydrogen-bond acceptors (Lipinski definition) is 6. The lowest BCUT2D eigenvalue weighted by atomic mass is 9.92. The van der Waals surface area contributed by atoms with Gasteiger partial charge in [0.15, 0.2) is 0 Å². The third-order valence-electron chi connectivity index (χ3n) is 6.56. The maximum Gasteiger partial charge on any atom is 0.573 e. The molecular weight excluding hydrogens is 557 g/mol. The van der Waals surface area contributed by atoms with Crippen LogP contribution in [-0.4, -0.2) is 54.2 Å². The number of aromatic nitrogens is 1. The largest absolute Gasteiger partial charge is 0.573 e. The predicted octanol–water partition coefficient (Wildman–Crippen LogP) is 3.26. The minimum atomic E-state index is -4.95. The van der Waals surface area contributed by atoms with Crippen LogP contribution in [0.2, 0.25) is 0 Å². The minimum absolute atomic E-state index is 0.0759. The van der Waals surface area contributed by atoms with E-state index in [4.69, 9.17) is 4.74 Å². The summed E-state index contributed by atoms with van der Waals surface area (Å²) in [4.78, 5) is 40.9. The summed E-state index contributed by atoms with van der Waals surface area (Å²) >= 11 is 0. The average Bonchev–Trinajstić information content (AvgIpc) is 3.20. The molecule has 0 bridgehead atoms. The predicted molar refractivity (Wildman–Crippen MR) is 135 cm³/mol. The molecular formula is C27H24F5N3O6. The number of pyridine rings is 1. The summed E-state index contributed by atoms with van der Waals surface area (Å²) in [5, 5.41) is 11.7. The summed E-state index contributed by atoms with van der Waals surface area (Å²) in [5.74, 6) is -5.93. The van der Waals surface area contributed by atoms with E-state index < -0.39 is 65.2 Å². The number of carbonyl (C=O) groups is 2. The molecule has 1 aliphatic heterocycles. The van der Waals surface area contributed by atoms with Crippen molar-refractivity contribution in [3.05, 3.63) is 87.3 Å². The van der Waals surface area contributed by atoms with Crippen molar-refractivity contribution in [1.29, 1.82) is 0 Å². The van der Waals surface area contributed by atoms with Crippen LogP contribution in [0.25, 0.3) is 0 Å². The number of nitrogens with one attached hydrogen (secondary N) is 1. The van der Waals surface area contributed by atoms with E-state index in [1.807, 2.05) is 0 Å². The fourth-order valence-corrected chi connectivity index (χ4v) is 4.68. The molecule has 2 heterocycles. The van der Waals surface area contributed by atoms with Crippen LogP contribution < -0.4 is 25.2 Å². The van der Waals surface area contributed by atoms with E-state index in [0.717, 1.165) is 45.9 Å². The van der Waals surface area contributed by atoms with Crippen molar-refractivity contribution >= 4 is 17.5 Å². The van der Waals surface area contributed by atoms with Crippen molar-refractivity contribution in [2.45, 2.75) is 31.8 Å². The molecule has 0 aliphatic carbocycles. The highest BCUT2D eigenvalue weighted by Crippen LogP contribution is 2.36. The van der Waals surface area contributed by atoms with Crippen molar-refractivity contribution in [2.24, 2.45) is 0 Å². The first-order valence-electron chi connectivity index (χ1n) is 12.2. The van der Waals surface area contributed by atoms with Crippen molar-refractivity contribution in [3.63, 3.8) is 0 Å². The fraction of sp³-hybridized carbons (Fsp3) is 0.296. The van der Waals surface area contributed by atoms with Crippen molar-refractivity contribution in [2.75, 3.05) is 25.2 Å². The molecule has 218 valence electrons. The number of ether oxygens (including phenoxy) is 2. The summed E-state index contributed by atoms with van der Waals surface area (Å²) in [5.41, 5.74) is -1.09. The summed E-state index contributed by atoms with van der Waals surface area (Å²) in [6.07, 6.45) is -3.53. The molecule has 0 unspecified atom stereocenters. The molecule has 3 aromatic rings. The topological polar surface area (TPSA) is 110 Å². The Morgan fingerprint density at radius 2 is 1.71 bits per heavy atom. The lowest BCUT2D eigenvalue weighted by Crippen LogP contribution is -2.45. The van der Waals surface area contributed by atoms with E-state index in [9.17, 15) is 32.7 Å². The highest BCUT2D eigenvalue weighted by atomic mass is 19.4. The maximum atomic E-state index is 15.2. The lowest BCUT2D eigenvalue weighted by Gasteiger charge is -2.20. The molecule has 2 aromatic carbocycles. The number of anilines is 1. The van der Waals surface area contributed by atoms with E-state index in [1.165, 1.54) is 19.4 Å². The molecule has 1 fully saturated rings. The van der Waals surface area contributed by atoms with Gasteiger partial charge in [-0.2, -0.15) is 0 Å². The van der Waals surface area contributed by atoms with Gasteiger partial charge in [0.05, 0.1) is 13.7 Å². The Bertz CT molecular complexity index is 1500. The maximum absolute atomic E-state index is 15.2. The van der Waals surface area contributed by atoms with Crippen molar-refractivity contribution < 1.29 is 46.1 Å². The number of amides is 2. The van der Waals surface area contributed by atoms with E-state index in [2.05, 4.69) is 10.1 Å². The first-order valence-corrected chi connectivity index (χ1v) is 12.2. The van der Waals surface area contributed by atoms with Crippen molar-refractivity contribution in [3.8, 4) is 11.5 Å². The second kappa shape index (κ2) is 11.6. The zero-order chi connectivity index (χ0) is 30.1. The Morgan fingerprint density at radius 3 is 2.27 bits per heavy atom. The number of aliphatic hydroxyl groups is 1. The highest BCUT2D eigenvalue weighted by Gasteiger charge is 2.46. The molecule has 0 spiro atoms. The smallest absolute Gasteiger partial charge is 0.497 e. The number of hydrogen-bond donors (Lipinski definition) is 2. The van der Waals surface area contributed by atoms with Crippen LogP contribution in [-0.2, 0) is 11.3 Å². The third-order valence-corrected chi connectivity index (χ3v) is 6.56. The average molecular weight is 581 g/mol. The van der Waals surface area contributed by atoms with E-state index in [-0.39, 0.29) is 30.2 Å². The zero-order valence-corrected chi connectivity index (χ0v) is 21.7. The SMILES string of the molecule is COc1cc(F)c([C@@H]2CN(c3c(C)ccn(CCO)c3=O)C(=O)[C@H]2NC(=O)c2ccc(OC(F)(F)F)cc2)c(F)c1. The van der Waals surface area contributed by atoms with Crippen LogP contribution in [0.1, 0.15) is 27.4 Å². The summed E-state index contributed by atoms with van der Waals surface area (Å²) in [6, 6.07) is 5.59. The first kappa shape index (κ1) is 29.5. The van der Waals surface area contributed by atoms with Gasteiger partial charge in [0.2, 0.25) is 5.91 Å². The van der Waals surface area contributed by atoms with E-state index in [0.29, 0.717) is 5.56 Å². The van der Waals surface area contributed by atoms with Crippen LogP contribution in [0.15, 0.2) is 53.5 Å². The quantitative estimate of drug-likeness (QED) is 0.396. The van der Waals surface area contributed by atoms with Crippen LogP contribution in [0, 0.1) is 18.6 Å². The molecule has 0 radical (unpaired) electrons. The second-order valence-corrected chi connectivity index (χ2v) is 9.15. The monoisotopic (exact) mass is 581 g/mol. The van der Waals surface area contributed by atoms with Crippen LogP contribution >= 0.6 is 0 Å². The van der Waals surface area contributed by atoms with E-state index in [1.54, 1.807) is 6.92 Å². The number of halogens is 5. The standard InChI is InChI=1S/C27H24F5N3O6/c1-14-7-8-34(9-10-36)26(39)23(14)35-13-18(21-19(28)11-17(40-2)12-20(21)29)22(25(35)38)33-24(37)15-3-5-16(6-4-15)41-27(30,31)32/h3-8,11-12,18,22,36H,9-10,13H2,1-2H3,(H,33,37)/t18-,22-/m0/s1. The molecule has 1 aromatic heterocycles. The third kappa shape index (κ3) is 6.16. The van der Waals surface area contributed by atoms with Crippen LogP contribution in [0.3, 0.4) is 0 Å². The van der Waals surface area contributed by atoms with Gasteiger partial charge in [-0.05, 0) is 42.8 Å². The molecule has 9 nitrogen and oxygen atoms in total. The fourth-order valence-electron chi connectivity index (χ4n) is 4.68. The number of aryl methyl sites for hydroxylation is 1. The number of benzene rings is 2. The second-order valence-electron chi connectivity index (χ2n) is 9.15. The van der Waals surface area contributed by atoms with Gasteiger partial charge in [0.1, 0.15) is 34.9 Å². The van der Waals surface area contributed by atoms with Gasteiger partial charge in [-0.15, -0.1) is 13.2 Å². The molecule has 1 aliphatic rings. The molecule has 1 saturated heterocycles. The number of aliphatic hydroxyl groups excluding tert-OH is 1. The molecule has 2 atom stereocenters. The molecule has 2 amide bonds.